The van der Waals surface area contributed by atoms with Crippen LogP contribution in [0.4, 0.5) is 10.5 Å². The van der Waals surface area contributed by atoms with Gasteiger partial charge in [0.25, 0.3) is 5.91 Å². The molecule has 5 rings (SSSR count). The van der Waals surface area contributed by atoms with E-state index < -0.39 is 0 Å². The fraction of sp³-hybridized carbons (Fsp3) is 0.423. The van der Waals surface area contributed by atoms with Gasteiger partial charge >= 0.3 is 6.03 Å². The normalized spacial score (nSPS) is 23.9. The molecule has 2 aromatic carbocycles. The molecule has 184 valence electrons. The number of anilines is 1. The van der Waals surface area contributed by atoms with Crippen LogP contribution in [-0.4, -0.2) is 34.9 Å². The van der Waals surface area contributed by atoms with E-state index in [0.29, 0.717) is 29.9 Å². The summed E-state index contributed by atoms with van der Waals surface area (Å²) in [5.74, 6) is 1.43. The van der Waals surface area contributed by atoms with Crippen LogP contribution in [0.3, 0.4) is 0 Å². The largest absolute Gasteiger partial charge is 0.325 e. The highest BCUT2D eigenvalue weighted by Gasteiger charge is 2.51. The lowest BCUT2D eigenvalue weighted by molar-refractivity contribution is 0.0843. The lowest BCUT2D eigenvalue weighted by atomic mass is 9.72. The summed E-state index contributed by atoms with van der Waals surface area (Å²) in [6.07, 6.45) is 4.32. The number of hydrazine groups is 2. The van der Waals surface area contributed by atoms with Crippen LogP contribution >= 0.6 is 0 Å². The van der Waals surface area contributed by atoms with Gasteiger partial charge in [0.15, 0.2) is 0 Å². The maximum absolute atomic E-state index is 13.7. The van der Waals surface area contributed by atoms with Crippen molar-refractivity contribution in [1.82, 2.24) is 26.7 Å². The summed E-state index contributed by atoms with van der Waals surface area (Å²) in [6.45, 7) is 5.85. The van der Waals surface area contributed by atoms with Crippen molar-refractivity contribution in [3.05, 3.63) is 65.7 Å². The van der Waals surface area contributed by atoms with Crippen molar-refractivity contribution in [1.29, 1.82) is 0 Å². The molecule has 3 amide bonds. The van der Waals surface area contributed by atoms with Gasteiger partial charge in [0.05, 0.1) is 12.1 Å². The van der Waals surface area contributed by atoms with Crippen LogP contribution in [-0.2, 0) is 6.54 Å². The summed E-state index contributed by atoms with van der Waals surface area (Å²) in [7, 11) is 0. The highest BCUT2D eigenvalue weighted by atomic mass is 16.2. The fourth-order valence-electron chi connectivity index (χ4n) is 5.50. The molecule has 35 heavy (non-hydrogen) atoms. The number of carbonyl (C=O) groups is 2. The summed E-state index contributed by atoms with van der Waals surface area (Å²) >= 11 is 0. The van der Waals surface area contributed by atoms with Gasteiger partial charge in [-0.05, 0) is 67.3 Å². The number of nitrogens with one attached hydrogen (secondary N) is 4. The Morgan fingerprint density at radius 2 is 1.83 bits per heavy atom. The minimum atomic E-state index is -0.260. The van der Waals surface area contributed by atoms with E-state index in [1.165, 1.54) is 0 Å². The van der Waals surface area contributed by atoms with E-state index in [1.54, 1.807) is 12.1 Å². The van der Waals surface area contributed by atoms with E-state index >= 15 is 0 Å². The SMILES string of the molecule is CC(C)C1CCC2(CC1)CN(c1ccccc1)C(=O)N2Cc1ccc(C(=O)NC2=NNNN2)cc1. The molecule has 1 aliphatic carbocycles. The first-order valence-corrected chi connectivity index (χ1v) is 12.3. The van der Waals surface area contributed by atoms with Crippen LogP contribution in [0.15, 0.2) is 59.7 Å². The molecule has 9 nitrogen and oxygen atoms in total. The number of guanidine groups is 1. The van der Waals surface area contributed by atoms with Crippen molar-refractivity contribution in [2.75, 3.05) is 11.4 Å². The Balaban J connectivity index is 1.35. The second-order valence-corrected chi connectivity index (χ2v) is 10.1. The molecule has 4 N–H and O–H groups in total. The first-order valence-electron chi connectivity index (χ1n) is 12.3. The van der Waals surface area contributed by atoms with Crippen molar-refractivity contribution in [3.63, 3.8) is 0 Å². The van der Waals surface area contributed by atoms with E-state index in [9.17, 15) is 9.59 Å². The molecule has 1 spiro atoms. The summed E-state index contributed by atoms with van der Waals surface area (Å²) in [6, 6.07) is 17.5. The van der Waals surface area contributed by atoms with Gasteiger partial charge in [-0.15, -0.1) is 10.6 Å². The molecule has 2 heterocycles. The molecule has 3 aliphatic rings. The molecule has 2 fully saturated rings. The molecule has 2 aliphatic heterocycles. The van der Waals surface area contributed by atoms with Crippen LogP contribution in [0.2, 0.25) is 0 Å². The van der Waals surface area contributed by atoms with Crippen LogP contribution < -0.4 is 26.7 Å². The molecule has 0 aromatic heterocycles. The van der Waals surface area contributed by atoms with Crippen molar-refractivity contribution in [3.8, 4) is 0 Å². The van der Waals surface area contributed by atoms with Gasteiger partial charge in [-0.3, -0.25) is 20.4 Å². The van der Waals surface area contributed by atoms with Crippen LogP contribution in [0.1, 0.15) is 55.5 Å². The molecule has 1 saturated heterocycles. The van der Waals surface area contributed by atoms with Crippen molar-refractivity contribution in [2.45, 2.75) is 51.6 Å². The van der Waals surface area contributed by atoms with E-state index in [1.807, 2.05) is 47.4 Å². The minimum absolute atomic E-state index is 0.0614. The predicted molar refractivity (Wildman–Crippen MR) is 135 cm³/mol. The average molecular weight is 476 g/mol. The molecule has 0 radical (unpaired) electrons. The molecule has 1 saturated carbocycles. The van der Waals surface area contributed by atoms with Crippen LogP contribution in [0, 0.1) is 11.8 Å². The number of rotatable bonds is 5. The third-order valence-corrected chi connectivity index (χ3v) is 7.65. The Bertz CT molecular complexity index is 1090. The van der Waals surface area contributed by atoms with Crippen molar-refractivity contribution < 1.29 is 9.59 Å². The first kappa shape index (κ1) is 23.2. The highest BCUT2D eigenvalue weighted by molar-refractivity contribution is 6.05. The number of amides is 3. The number of benzene rings is 2. The Hall–Kier alpha value is -3.59. The molecule has 0 unspecified atom stereocenters. The van der Waals surface area contributed by atoms with Crippen LogP contribution in [0.5, 0.6) is 0 Å². The maximum Gasteiger partial charge on any atom is 0.325 e. The van der Waals surface area contributed by atoms with E-state index in [4.69, 9.17) is 0 Å². The summed E-state index contributed by atoms with van der Waals surface area (Å²) in [4.78, 5) is 30.2. The van der Waals surface area contributed by atoms with Crippen molar-refractivity contribution in [2.24, 2.45) is 16.9 Å². The molecule has 9 heteroatoms. The van der Waals surface area contributed by atoms with Gasteiger partial charge in [0.1, 0.15) is 0 Å². The Morgan fingerprint density at radius 3 is 2.46 bits per heavy atom. The standard InChI is InChI=1S/C26H33N7O2/c1-18(2)20-12-14-26(15-13-20)17-32(22-6-4-3-5-7-22)25(35)33(26)16-19-8-10-21(11-9-19)23(34)27-24-28-30-31-29-24/h3-11,18,20,30-31H,12-17H2,1-2H3,(H2,27,28,29,34). The number of hydrazone groups is 1. The number of hydrogen-bond acceptors (Lipinski definition) is 6. The van der Waals surface area contributed by atoms with Gasteiger partial charge in [0.2, 0.25) is 5.96 Å². The highest BCUT2D eigenvalue weighted by Crippen LogP contribution is 2.45. The number of urea groups is 1. The molecule has 2 aromatic rings. The molecule has 0 atom stereocenters. The van der Waals surface area contributed by atoms with Gasteiger partial charge < -0.3 is 4.90 Å². The zero-order valence-electron chi connectivity index (χ0n) is 20.3. The average Bonchev–Trinajstić information content (AvgIpc) is 3.48. The smallest absolute Gasteiger partial charge is 0.313 e. The molecular weight excluding hydrogens is 442 g/mol. The van der Waals surface area contributed by atoms with Crippen LogP contribution in [0.25, 0.3) is 0 Å². The lowest BCUT2D eigenvalue weighted by Gasteiger charge is -2.43. The zero-order chi connectivity index (χ0) is 24.4. The monoisotopic (exact) mass is 475 g/mol. The molecular formula is C26H33N7O2. The van der Waals surface area contributed by atoms with Gasteiger partial charge in [0, 0.05) is 17.8 Å². The topological polar surface area (TPSA) is 101 Å². The summed E-state index contributed by atoms with van der Waals surface area (Å²) in [5.41, 5.74) is 10.1. The summed E-state index contributed by atoms with van der Waals surface area (Å²) < 4.78 is 0. The van der Waals surface area contributed by atoms with Gasteiger partial charge in [-0.2, -0.15) is 0 Å². The first-order chi connectivity index (χ1) is 16.9. The minimum Gasteiger partial charge on any atom is -0.313 e. The van der Waals surface area contributed by atoms with E-state index in [-0.39, 0.29) is 17.5 Å². The lowest BCUT2D eigenvalue weighted by Crippen LogP contribution is -2.49. The summed E-state index contributed by atoms with van der Waals surface area (Å²) in [5, 5.41) is 6.54. The quantitative estimate of drug-likeness (QED) is 0.532. The van der Waals surface area contributed by atoms with Gasteiger partial charge in [-0.1, -0.05) is 44.2 Å². The number of para-hydroxylation sites is 1. The number of nitrogens with zero attached hydrogens (tertiary/aromatic N) is 3. The number of carbonyl (C=O) groups excluding carboxylic acids is 2. The Morgan fingerprint density at radius 1 is 1.11 bits per heavy atom. The maximum atomic E-state index is 13.7. The second-order valence-electron chi connectivity index (χ2n) is 10.1. The predicted octanol–water partition coefficient (Wildman–Crippen LogP) is 3.33. The third-order valence-electron chi connectivity index (χ3n) is 7.65. The third kappa shape index (κ3) is 4.68. The zero-order valence-corrected chi connectivity index (χ0v) is 20.3. The van der Waals surface area contributed by atoms with Gasteiger partial charge in [-0.25, -0.2) is 10.3 Å². The molecule has 0 bridgehead atoms. The van der Waals surface area contributed by atoms with E-state index in [0.717, 1.165) is 43.5 Å². The fourth-order valence-corrected chi connectivity index (χ4v) is 5.50. The van der Waals surface area contributed by atoms with E-state index in [2.05, 4.69) is 45.7 Å². The number of hydrogen-bond donors (Lipinski definition) is 4. The van der Waals surface area contributed by atoms with Crippen molar-refractivity contribution >= 4 is 23.6 Å². The Labute approximate surface area is 205 Å². The Kier molecular flexibility index (Phi) is 6.34. The second kappa shape index (κ2) is 9.58.